The molecule has 32 heavy (non-hydrogen) atoms. The fraction of sp³-hybridized carbons (Fsp3) is 0.292. The maximum Gasteiger partial charge on any atom is 0.240 e. The van der Waals surface area contributed by atoms with Crippen molar-refractivity contribution in [1.29, 1.82) is 5.26 Å². The molecule has 0 aliphatic rings. The number of amides is 1. The summed E-state index contributed by atoms with van der Waals surface area (Å²) in [7, 11) is -3.70. The number of hydrogen-bond donors (Lipinski definition) is 1. The van der Waals surface area contributed by atoms with Gasteiger partial charge in [-0.1, -0.05) is 45.0 Å². The maximum atomic E-state index is 12.7. The first-order valence-electron chi connectivity index (χ1n) is 10.1. The third-order valence-corrected chi connectivity index (χ3v) is 6.29. The van der Waals surface area contributed by atoms with Crippen LogP contribution in [0.3, 0.4) is 0 Å². The van der Waals surface area contributed by atoms with Gasteiger partial charge in [-0.2, -0.15) is 10.4 Å². The molecule has 166 valence electrons. The lowest BCUT2D eigenvalue weighted by atomic mass is 9.92. The van der Waals surface area contributed by atoms with Crippen molar-refractivity contribution in [2.45, 2.75) is 38.9 Å². The maximum absolute atomic E-state index is 12.7. The summed E-state index contributed by atoms with van der Waals surface area (Å²) in [6, 6.07) is 17.7. The number of hydrogen-bond acceptors (Lipinski definition) is 5. The highest BCUT2D eigenvalue weighted by molar-refractivity contribution is 7.91. The Hall–Kier alpha value is -3.44. The van der Waals surface area contributed by atoms with Gasteiger partial charge in [0.25, 0.3) is 0 Å². The summed E-state index contributed by atoms with van der Waals surface area (Å²) in [5.41, 5.74) is 3.30. The minimum absolute atomic E-state index is 0.254. The molecule has 7 nitrogen and oxygen atoms in total. The number of rotatable bonds is 6. The van der Waals surface area contributed by atoms with Crippen LogP contribution in [0.15, 0.2) is 54.6 Å². The Balaban J connectivity index is 1.81. The summed E-state index contributed by atoms with van der Waals surface area (Å²) in [6.07, 6.45) is 0. The second-order valence-electron chi connectivity index (χ2n) is 8.80. The van der Waals surface area contributed by atoms with Gasteiger partial charge >= 0.3 is 0 Å². The molecule has 0 bridgehead atoms. The van der Waals surface area contributed by atoms with Crippen molar-refractivity contribution in [3.63, 3.8) is 0 Å². The van der Waals surface area contributed by atoms with Crippen LogP contribution in [0.1, 0.15) is 43.2 Å². The van der Waals surface area contributed by atoms with Gasteiger partial charge in [0.2, 0.25) is 5.91 Å². The normalized spacial score (nSPS) is 11.7. The number of sulfone groups is 1. The molecule has 0 unspecified atom stereocenters. The van der Waals surface area contributed by atoms with Crippen LogP contribution in [-0.2, 0) is 25.8 Å². The topological polar surface area (TPSA) is 105 Å². The summed E-state index contributed by atoms with van der Waals surface area (Å²) in [5, 5.41) is 16.2. The van der Waals surface area contributed by atoms with E-state index < -0.39 is 21.5 Å². The Labute approximate surface area is 188 Å². The third-order valence-electron chi connectivity index (χ3n) is 4.81. The molecule has 0 radical (unpaired) electrons. The number of aromatic nitrogens is 2. The standard InChI is InChI=1S/C24H26N4O3S/c1-17-6-5-7-20(12-17)28-22(13-21(27-28)24(2,3)4)26-23(29)16-32(30,31)15-19-10-8-18(14-25)9-11-19/h5-13H,15-16H2,1-4H3,(H,26,29). The van der Waals surface area contributed by atoms with Crippen LogP contribution in [0.5, 0.6) is 0 Å². The van der Waals surface area contributed by atoms with Crippen LogP contribution in [-0.4, -0.2) is 29.9 Å². The molecule has 1 amide bonds. The Morgan fingerprint density at radius 1 is 1.12 bits per heavy atom. The fourth-order valence-corrected chi connectivity index (χ4v) is 4.43. The lowest BCUT2D eigenvalue weighted by Crippen LogP contribution is -2.25. The van der Waals surface area contributed by atoms with Gasteiger partial charge in [0.15, 0.2) is 9.84 Å². The number of nitrogens with zero attached hydrogens (tertiary/aromatic N) is 3. The molecule has 0 saturated carbocycles. The second-order valence-corrected chi connectivity index (χ2v) is 10.9. The summed E-state index contributed by atoms with van der Waals surface area (Å²) in [5.74, 6) is -1.15. The average Bonchev–Trinajstić information content (AvgIpc) is 3.12. The molecule has 1 N–H and O–H groups in total. The highest BCUT2D eigenvalue weighted by Crippen LogP contribution is 2.26. The van der Waals surface area contributed by atoms with Crippen molar-refractivity contribution in [2.24, 2.45) is 0 Å². The van der Waals surface area contributed by atoms with E-state index in [1.54, 1.807) is 35.0 Å². The number of nitrogens with one attached hydrogen (secondary N) is 1. The molecule has 0 atom stereocenters. The van der Waals surface area contributed by atoms with Crippen LogP contribution in [0.4, 0.5) is 5.82 Å². The smallest absolute Gasteiger partial charge is 0.240 e. The summed E-state index contributed by atoms with van der Waals surface area (Å²) < 4.78 is 26.8. The average molecular weight is 451 g/mol. The number of aryl methyl sites for hydroxylation is 1. The predicted molar refractivity (Wildman–Crippen MR) is 124 cm³/mol. The molecule has 1 heterocycles. The van der Waals surface area contributed by atoms with E-state index >= 15 is 0 Å². The van der Waals surface area contributed by atoms with Crippen molar-refractivity contribution in [3.8, 4) is 11.8 Å². The largest absolute Gasteiger partial charge is 0.310 e. The monoisotopic (exact) mass is 450 g/mol. The van der Waals surface area contributed by atoms with E-state index in [4.69, 9.17) is 5.26 Å². The minimum Gasteiger partial charge on any atom is -0.310 e. The quantitative estimate of drug-likeness (QED) is 0.613. The molecule has 0 fully saturated rings. The van der Waals surface area contributed by atoms with E-state index in [1.807, 2.05) is 58.0 Å². The Morgan fingerprint density at radius 2 is 1.81 bits per heavy atom. The molecule has 3 rings (SSSR count). The number of carbonyl (C=O) groups excluding carboxylic acids is 1. The van der Waals surface area contributed by atoms with Gasteiger partial charge in [-0.3, -0.25) is 4.79 Å². The molecule has 0 aliphatic carbocycles. The highest BCUT2D eigenvalue weighted by atomic mass is 32.2. The van der Waals surface area contributed by atoms with Crippen molar-refractivity contribution in [1.82, 2.24) is 9.78 Å². The van der Waals surface area contributed by atoms with Crippen molar-refractivity contribution in [2.75, 3.05) is 11.1 Å². The van der Waals surface area contributed by atoms with E-state index in [2.05, 4.69) is 10.4 Å². The number of nitriles is 1. The molecule has 3 aromatic rings. The van der Waals surface area contributed by atoms with Crippen LogP contribution < -0.4 is 5.32 Å². The van der Waals surface area contributed by atoms with Crippen LogP contribution in [0.25, 0.3) is 5.69 Å². The van der Waals surface area contributed by atoms with E-state index in [1.165, 1.54) is 0 Å². The molecule has 0 aliphatic heterocycles. The zero-order chi connectivity index (χ0) is 23.5. The van der Waals surface area contributed by atoms with E-state index in [9.17, 15) is 13.2 Å². The minimum atomic E-state index is -3.70. The number of anilines is 1. The lowest BCUT2D eigenvalue weighted by Gasteiger charge is -2.14. The van der Waals surface area contributed by atoms with Gasteiger partial charge in [0.05, 0.1) is 28.8 Å². The molecule has 1 aromatic heterocycles. The van der Waals surface area contributed by atoms with Gasteiger partial charge in [0.1, 0.15) is 11.6 Å². The van der Waals surface area contributed by atoms with Crippen molar-refractivity contribution >= 4 is 21.6 Å². The first kappa shape index (κ1) is 23.2. The zero-order valence-electron chi connectivity index (χ0n) is 18.6. The van der Waals surface area contributed by atoms with Gasteiger partial charge in [0, 0.05) is 11.5 Å². The SMILES string of the molecule is Cc1cccc(-n2nc(C(C)(C)C)cc2NC(=O)CS(=O)(=O)Cc2ccc(C#N)cc2)c1. The number of carbonyl (C=O) groups is 1. The van der Waals surface area contributed by atoms with Crippen molar-refractivity contribution < 1.29 is 13.2 Å². The molecule has 2 aromatic carbocycles. The first-order chi connectivity index (χ1) is 15.0. The van der Waals surface area contributed by atoms with Gasteiger partial charge in [-0.25, -0.2) is 13.1 Å². The molecule has 8 heteroatoms. The number of benzene rings is 2. The van der Waals surface area contributed by atoms with Gasteiger partial charge < -0.3 is 5.32 Å². The lowest BCUT2D eigenvalue weighted by molar-refractivity contribution is -0.113. The zero-order valence-corrected chi connectivity index (χ0v) is 19.4. The van der Waals surface area contributed by atoms with Crippen molar-refractivity contribution in [3.05, 3.63) is 77.0 Å². The molecule has 0 saturated heterocycles. The summed E-state index contributed by atoms with van der Waals surface area (Å²) in [4.78, 5) is 12.7. The molecular formula is C24H26N4O3S. The third kappa shape index (κ3) is 5.83. The fourth-order valence-electron chi connectivity index (χ4n) is 3.15. The van der Waals surface area contributed by atoms with Crippen LogP contribution in [0.2, 0.25) is 0 Å². The van der Waals surface area contributed by atoms with Crippen LogP contribution >= 0.6 is 0 Å². The Morgan fingerprint density at radius 3 is 2.41 bits per heavy atom. The molecular weight excluding hydrogens is 424 g/mol. The van der Waals surface area contributed by atoms with Crippen LogP contribution in [0, 0.1) is 18.3 Å². The van der Waals surface area contributed by atoms with E-state index in [0.29, 0.717) is 16.9 Å². The van der Waals surface area contributed by atoms with E-state index in [0.717, 1.165) is 16.9 Å². The van der Waals surface area contributed by atoms with Gasteiger partial charge in [-0.05, 0) is 42.3 Å². The Kier molecular flexibility index (Phi) is 6.51. The second kappa shape index (κ2) is 8.97. The first-order valence-corrected chi connectivity index (χ1v) is 12.0. The van der Waals surface area contributed by atoms with E-state index in [-0.39, 0.29) is 11.2 Å². The summed E-state index contributed by atoms with van der Waals surface area (Å²) >= 11 is 0. The highest BCUT2D eigenvalue weighted by Gasteiger charge is 2.23. The predicted octanol–water partition coefficient (Wildman–Crippen LogP) is 3.90. The Bertz CT molecular complexity index is 1280. The summed E-state index contributed by atoms with van der Waals surface area (Å²) in [6.45, 7) is 8.02. The molecule has 0 spiro atoms. The van der Waals surface area contributed by atoms with Gasteiger partial charge in [-0.15, -0.1) is 0 Å².